The number of anilines is 1. The molecule has 0 heterocycles. The fourth-order valence-corrected chi connectivity index (χ4v) is 3.00. The summed E-state index contributed by atoms with van der Waals surface area (Å²) in [5.74, 6) is -1.99. The van der Waals surface area contributed by atoms with Crippen LogP contribution in [-0.4, -0.2) is 33.6 Å². The van der Waals surface area contributed by atoms with Gasteiger partial charge in [0, 0.05) is 5.69 Å². The van der Waals surface area contributed by atoms with Crippen molar-refractivity contribution in [3.8, 4) is 0 Å². The molecule has 7 nitrogen and oxygen atoms in total. The highest BCUT2D eigenvalue weighted by Crippen LogP contribution is 2.17. The fourth-order valence-electron chi connectivity index (χ4n) is 1.94. The van der Waals surface area contributed by atoms with Gasteiger partial charge in [0.15, 0.2) is 6.10 Å². The van der Waals surface area contributed by atoms with Gasteiger partial charge in [-0.15, -0.1) is 0 Å². The van der Waals surface area contributed by atoms with Crippen molar-refractivity contribution in [3.63, 3.8) is 0 Å². The molecule has 0 aliphatic heterocycles. The Labute approximate surface area is 149 Å². The van der Waals surface area contributed by atoms with Gasteiger partial charge in [0.05, 0.1) is 17.6 Å². The molecule has 1 N–H and O–H groups in total. The van der Waals surface area contributed by atoms with Crippen molar-refractivity contribution >= 4 is 27.6 Å². The first-order valence-electron chi connectivity index (χ1n) is 7.40. The van der Waals surface area contributed by atoms with Gasteiger partial charge in [-0.25, -0.2) is 22.4 Å². The number of carbonyl (C=O) groups is 2. The Kier molecular flexibility index (Phi) is 5.93. The normalized spacial score (nSPS) is 12.1. The van der Waals surface area contributed by atoms with Gasteiger partial charge in [-0.05, 0) is 55.5 Å². The minimum atomic E-state index is -3.89. The molecule has 0 fully saturated rings. The summed E-state index contributed by atoms with van der Waals surface area (Å²) >= 11 is 0. The molecule has 0 aromatic heterocycles. The van der Waals surface area contributed by atoms with Crippen molar-refractivity contribution in [2.75, 3.05) is 11.8 Å². The number of methoxy groups -OCH3 is 1. The summed E-state index contributed by atoms with van der Waals surface area (Å²) in [5.41, 5.74) is 0.331. The van der Waals surface area contributed by atoms with Crippen LogP contribution in [0.4, 0.5) is 10.1 Å². The lowest BCUT2D eigenvalue weighted by Gasteiger charge is -2.11. The van der Waals surface area contributed by atoms with E-state index in [9.17, 15) is 22.4 Å². The van der Waals surface area contributed by atoms with Crippen LogP contribution >= 0.6 is 0 Å². The monoisotopic (exact) mass is 381 g/mol. The zero-order chi connectivity index (χ0) is 19.3. The maximum absolute atomic E-state index is 12.9. The number of halogens is 1. The molecule has 138 valence electrons. The highest BCUT2D eigenvalue weighted by Gasteiger charge is 2.19. The Morgan fingerprint density at radius 2 is 1.62 bits per heavy atom. The van der Waals surface area contributed by atoms with Crippen LogP contribution in [0.3, 0.4) is 0 Å². The molecule has 2 rings (SSSR count). The molecular weight excluding hydrogens is 365 g/mol. The summed E-state index contributed by atoms with van der Waals surface area (Å²) in [4.78, 5) is 23.1. The molecule has 0 spiro atoms. The summed E-state index contributed by atoms with van der Waals surface area (Å²) in [7, 11) is -2.72. The third-order valence-electron chi connectivity index (χ3n) is 3.31. The molecule has 1 atom stereocenters. The minimum Gasteiger partial charge on any atom is -0.466 e. The second kappa shape index (κ2) is 7.96. The van der Waals surface area contributed by atoms with E-state index in [0.717, 1.165) is 24.3 Å². The molecule has 0 saturated carbocycles. The standard InChI is InChI=1S/C17H16FNO6S/c1-11(16(20)24-2)25-17(21)12-3-7-14(8-4-12)19-26(22,23)15-9-5-13(18)6-10-15/h3-11,19H,1-2H3/t11-/m1/s1. The summed E-state index contributed by atoms with van der Waals surface area (Å²) in [5, 5.41) is 0. The maximum atomic E-state index is 12.9. The average molecular weight is 381 g/mol. The van der Waals surface area contributed by atoms with Crippen molar-refractivity contribution in [2.24, 2.45) is 0 Å². The first kappa shape index (κ1) is 19.4. The Morgan fingerprint density at radius 3 is 2.15 bits per heavy atom. The van der Waals surface area contributed by atoms with E-state index in [1.165, 1.54) is 38.3 Å². The van der Waals surface area contributed by atoms with Gasteiger partial charge in [0.1, 0.15) is 5.82 Å². The van der Waals surface area contributed by atoms with E-state index in [1.54, 1.807) is 0 Å². The molecule has 0 saturated heterocycles. The lowest BCUT2D eigenvalue weighted by molar-refractivity contribution is -0.149. The van der Waals surface area contributed by atoms with E-state index in [2.05, 4.69) is 9.46 Å². The van der Waals surface area contributed by atoms with E-state index >= 15 is 0 Å². The number of hydrogen-bond acceptors (Lipinski definition) is 6. The first-order chi connectivity index (χ1) is 12.2. The van der Waals surface area contributed by atoms with Crippen LogP contribution in [0.1, 0.15) is 17.3 Å². The van der Waals surface area contributed by atoms with E-state index in [-0.39, 0.29) is 16.1 Å². The Balaban J connectivity index is 2.08. The zero-order valence-corrected chi connectivity index (χ0v) is 14.7. The second-order valence-corrected chi connectivity index (χ2v) is 6.89. The van der Waals surface area contributed by atoms with Gasteiger partial charge in [-0.3, -0.25) is 4.72 Å². The molecule has 0 unspecified atom stereocenters. The fraction of sp³-hybridized carbons (Fsp3) is 0.176. The first-order valence-corrected chi connectivity index (χ1v) is 8.88. The van der Waals surface area contributed by atoms with Crippen molar-refractivity contribution in [1.82, 2.24) is 0 Å². The third-order valence-corrected chi connectivity index (χ3v) is 4.71. The predicted molar refractivity (Wildman–Crippen MR) is 90.5 cm³/mol. The number of carbonyl (C=O) groups excluding carboxylic acids is 2. The van der Waals surface area contributed by atoms with Crippen molar-refractivity contribution < 1.29 is 31.9 Å². The summed E-state index contributed by atoms with van der Waals surface area (Å²) in [6, 6.07) is 9.76. The number of rotatable bonds is 6. The number of ether oxygens (including phenoxy) is 2. The van der Waals surface area contributed by atoms with Gasteiger partial charge < -0.3 is 9.47 Å². The maximum Gasteiger partial charge on any atom is 0.346 e. The topological polar surface area (TPSA) is 98.8 Å². The van der Waals surface area contributed by atoms with E-state index < -0.39 is 33.9 Å². The van der Waals surface area contributed by atoms with Crippen molar-refractivity contribution in [1.29, 1.82) is 0 Å². The van der Waals surface area contributed by atoms with Gasteiger partial charge >= 0.3 is 11.9 Å². The smallest absolute Gasteiger partial charge is 0.346 e. The number of hydrogen-bond donors (Lipinski definition) is 1. The molecular formula is C17H16FNO6S. The molecule has 0 bridgehead atoms. The van der Waals surface area contributed by atoms with Crippen LogP contribution in [0.5, 0.6) is 0 Å². The number of esters is 2. The van der Waals surface area contributed by atoms with Crippen molar-refractivity contribution in [2.45, 2.75) is 17.9 Å². The van der Waals surface area contributed by atoms with Crippen LogP contribution in [0.15, 0.2) is 53.4 Å². The lowest BCUT2D eigenvalue weighted by Crippen LogP contribution is -2.25. The lowest BCUT2D eigenvalue weighted by atomic mass is 10.2. The van der Waals surface area contributed by atoms with Crippen molar-refractivity contribution in [3.05, 3.63) is 59.9 Å². The number of sulfonamides is 1. The van der Waals surface area contributed by atoms with Gasteiger partial charge in [-0.1, -0.05) is 0 Å². The molecule has 0 aliphatic carbocycles. The predicted octanol–water partition coefficient (Wildman–Crippen LogP) is 2.34. The van der Waals surface area contributed by atoms with Crippen LogP contribution in [0, 0.1) is 5.82 Å². The molecule has 2 aromatic carbocycles. The summed E-state index contributed by atoms with van der Waals surface area (Å²) in [6.07, 6.45) is -1.07. The quantitative estimate of drug-likeness (QED) is 0.771. The Hall–Kier alpha value is -2.94. The van der Waals surface area contributed by atoms with E-state index in [4.69, 9.17) is 4.74 Å². The van der Waals surface area contributed by atoms with Gasteiger partial charge in [0.25, 0.3) is 10.0 Å². The molecule has 26 heavy (non-hydrogen) atoms. The molecule has 2 aromatic rings. The van der Waals surface area contributed by atoms with Crippen LogP contribution < -0.4 is 4.72 Å². The largest absolute Gasteiger partial charge is 0.466 e. The Morgan fingerprint density at radius 1 is 1.04 bits per heavy atom. The molecule has 0 amide bonds. The summed E-state index contributed by atoms with van der Waals surface area (Å²) in [6.45, 7) is 1.37. The van der Waals surface area contributed by atoms with Crippen LogP contribution in [-0.2, 0) is 24.3 Å². The average Bonchev–Trinajstić information content (AvgIpc) is 2.61. The zero-order valence-electron chi connectivity index (χ0n) is 13.9. The molecule has 0 aliphatic rings. The minimum absolute atomic E-state index is 0.103. The van der Waals surface area contributed by atoms with E-state index in [0.29, 0.717) is 0 Å². The number of benzene rings is 2. The van der Waals surface area contributed by atoms with Gasteiger partial charge in [-0.2, -0.15) is 0 Å². The SMILES string of the molecule is COC(=O)[C@@H](C)OC(=O)c1ccc(NS(=O)(=O)c2ccc(F)cc2)cc1. The second-order valence-electron chi connectivity index (χ2n) is 5.21. The third kappa shape index (κ3) is 4.79. The van der Waals surface area contributed by atoms with Crippen LogP contribution in [0.25, 0.3) is 0 Å². The number of nitrogens with one attached hydrogen (secondary N) is 1. The highest BCUT2D eigenvalue weighted by molar-refractivity contribution is 7.92. The van der Waals surface area contributed by atoms with Crippen LogP contribution in [0.2, 0.25) is 0 Å². The molecule has 9 heteroatoms. The Bertz CT molecular complexity index is 894. The van der Waals surface area contributed by atoms with Gasteiger partial charge in [0.2, 0.25) is 0 Å². The highest BCUT2D eigenvalue weighted by atomic mass is 32.2. The molecule has 0 radical (unpaired) electrons. The summed E-state index contributed by atoms with van der Waals surface area (Å²) < 4.78 is 49.0. The van der Waals surface area contributed by atoms with E-state index in [1.807, 2.05) is 0 Å².